The second-order valence-electron chi connectivity index (χ2n) is 10.4. The Morgan fingerprint density at radius 1 is 0.870 bits per heavy atom. The number of aromatic hydroxyl groups is 1. The Kier molecular flexibility index (Phi) is 10.2. The van der Waals surface area contributed by atoms with Crippen LogP contribution < -0.4 is 16.4 Å². The molecule has 46 heavy (non-hydrogen) atoms. The van der Waals surface area contributed by atoms with Gasteiger partial charge in [-0.15, -0.1) is 0 Å². The Balaban J connectivity index is 1.46. The Bertz CT molecular complexity index is 1670. The van der Waals surface area contributed by atoms with E-state index in [-0.39, 0.29) is 24.7 Å². The molecule has 0 fully saturated rings. The van der Waals surface area contributed by atoms with Crippen molar-refractivity contribution in [3.63, 3.8) is 0 Å². The van der Waals surface area contributed by atoms with E-state index in [9.17, 15) is 45.8 Å². The zero-order valence-electron chi connectivity index (χ0n) is 23.8. The molecule has 6 N–H and O–H groups in total. The third-order valence-corrected chi connectivity index (χ3v) is 6.90. The maximum absolute atomic E-state index is 13.3. The van der Waals surface area contributed by atoms with Gasteiger partial charge < -0.3 is 31.2 Å². The molecule has 244 valence electrons. The quantitative estimate of drug-likeness (QED) is 0.120. The molecule has 4 aromatic rings. The van der Waals surface area contributed by atoms with Crippen molar-refractivity contribution in [2.24, 2.45) is 5.73 Å². The van der Waals surface area contributed by atoms with E-state index < -0.39 is 72.1 Å². The lowest BCUT2D eigenvalue weighted by atomic mass is 10.0. The minimum Gasteiger partial charge on any atom is -0.508 e. The number of carbonyl (C=O) groups excluding carboxylic acids is 3. The molecular weight excluding hydrogens is 622 g/mol. The van der Waals surface area contributed by atoms with Gasteiger partial charge in [0.05, 0.1) is 23.7 Å². The third kappa shape index (κ3) is 9.00. The van der Waals surface area contributed by atoms with E-state index in [0.717, 1.165) is 0 Å². The number of carbonyl (C=O) groups is 3. The first-order valence-corrected chi connectivity index (χ1v) is 13.7. The lowest BCUT2D eigenvalue weighted by molar-refractivity contribution is -0.149. The van der Waals surface area contributed by atoms with Crippen molar-refractivity contribution in [2.75, 3.05) is 6.54 Å². The summed E-state index contributed by atoms with van der Waals surface area (Å²) in [6, 6.07) is 11.3. The number of nitrogens with one attached hydrogen (secondary N) is 3. The maximum atomic E-state index is 13.3. The number of hydrogen-bond donors (Lipinski definition) is 5. The number of alkyl halides is 6. The summed E-state index contributed by atoms with van der Waals surface area (Å²) < 4.78 is 84.8. The number of rotatable bonds is 11. The third-order valence-electron chi connectivity index (χ3n) is 6.90. The summed E-state index contributed by atoms with van der Waals surface area (Å²) in [4.78, 5) is 41.4. The molecule has 2 amide bonds. The number of ether oxygens (including phenoxy) is 1. The normalized spacial score (nSPS) is 13.2. The first-order valence-electron chi connectivity index (χ1n) is 13.7. The standard InChI is InChI=1S/C31H28F6N4O5/c32-30(33,34)20-9-18(10-21(13-20)31(35,36)37)16-46-29(45)26(12-19-14-39-25-4-2-1-3-23(19)25)41-27(43)15-40-28(44)24(38)11-17-5-7-22(42)8-6-17/h1-10,13-14,24,26,39,42H,11-12,15-16,38H2,(H,40,44)(H,41,43)/t24-,26-/m0/s1. The molecule has 15 heteroatoms. The van der Waals surface area contributed by atoms with Gasteiger partial charge in [0.2, 0.25) is 11.8 Å². The number of fused-ring (bicyclic) bond motifs is 1. The molecule has 2 atom stereocenters. The number of aromatic nitrogens is 1. The van der Waals surface area contributed by atoms with Crippen molar-refractivity contribution in [1.29, 1.82) is 0 Å². The number of phenols is 1. The maximum Gasteiger partial charge on any atom is 0.416 e. The smallest absolute Gasteiger partial charge is 0.416 e. The lowest BCUT2D eigenvalue weighted by Crippen LogP contribution is -2.49. The molecule has 9 nitrogen and oxygen atoms in total. The van der Waals surface area contributed by atoms with E-state index in [0.29, 0.717) is 34.2 Å². The van der Waals surface area contributed by atoms with Crippen molar-refractivity contribution in [1.82, 2.24) is 15.6 Å². The second-order valence-corrected chi connectivity index (χ2v) is 10.4. The number of esters is 1. The van der Waals surface area contributed by atoms with Gasteiger partial charge in [0.15, 0.2) is 0 Å². The fourth-order valence-electron chi connectivity index (χ4n) is 4.59. The molecule has 3 aromatic carbocycles. The molecule has 0 aliphatic rings. The highest BCUT2D eigenvalue weighted by atomic mass is 19.4. The zero-order valence-corrected chi connectivity index (χ0v) is 23.8. The number of benzene rings is 3. The summed E-state index contributed by atoms with van der Waals surface area (Å²) in [7, 11) is 0. The fraction of sp³-hybridized carbons (Fsp3) is 0.258. The molecule has 1 heterocycles. The van der Waals surface area contributed by atoms with Crippen LogP contribution in [0.2, 0.25) is 0 Å². The van der Waals surface area contributed by atoms with Crippen LogP contribution in [-0.4, -0.2) is 46.5 Å². The van der Waals surface area contributed by atoms with Crippen LogP contribution in [0.5, 0.6) is 5.75 Å². The van der Waals surface area contributed by atoms with Crippen molar-refractivity contribution in [2.45, 2.75) is 43.9 Å². The van der Waals surface area contributed by atoms with Gasteiger partial charge in [-0.2, -0.15) is 26.3 Å². The molecule has 0 saturated heterocycles. The van der Waals surface area contributed by atoms with E-state index in [1.807, 2.05) is 0 Å². The highest BCUT2D eigenvalue weighted by molar-refractivity contribution is 5.90. The monoisotopic (exact) mass is 650 g/mol. The first-order chi connectivity index (χ1) is 21.6. The highest BCUT2D eigenvalue weighted by Crippen LogP contribution is 2.36. The number of aromatic amines is 1. The zero-order chi connectivity index (χ0) is 33.6. The fourth-order valence-corrected chi connectivity index (χ4v) is 4.59. The SMILES string of the molecule is N[C@@H](Cc1ccc(O)cc1)C(=O)NCC(=O)N[C@@H](Cc1c[nH]c2ccccc12)C(=O)OCc1cc(C(F)(F)F)cc(C(F)(F)F)c1. The predicted molar refractivity (Wildman–Crippen MR) is 153 cm³/mol. The van der Waals surface area contributed by atoms with Gasteiger partial charge in [0, 0.05) is 23.5 Å². The summed E-state index contributed by atoms with van der Waals surface area (Å²) in [6.45, 7) is -1.56. The molecule has 0 aliphatic carbocycles. The molecule has 0 saturated carbocycles. The predicted octanol–water partition coefficient (Wildman–Crippen LogP) is 4.37. The van der Waals surface area contributed by atoms with E-state index in [2.05, 4.69) is 15.6 Å². The Morgan fingerprint density at radius 2 is 1.50 bits per heavy atom. The van der Waals surface area contributed by atoms with E-state index in [1.165, 1.54) is 12.1 Å². The molecule has 0 aliphatic heterocycles. The Hall–Kier alpha value is -5.05. The number of amides is 2. The van der Waals surface area contributed by atoms with Gasteiger partial charge in [0.1, 0.15) is 18.4 Å². The van der Waals surface area contributed by atoms with Crippen molar-refractivity contribution in [3.05, 3.63) is 101 Å². The molecule has 1 aromatic heterocycles. The Morgan fingerprint density at radius 3 is 2.13 bits per heavy atom. The van der Waals surface area contributed by atoms with Gasteiger partial charge in [-0.3, -0.25) is 9.59 Å². The summed E-state index contributed by atoms with van der Waals surface area (Å²) in [5.74, 6) is -2.64. The van der Waals surface area contributed by atoms with Crippen molar-refractivity contribution in [3.8, 4) is 5.75 Å². The molecule has 0 bridgehead atoms. The highest BCUT2D eigenvalue weighted by Gasteiger charge is 2.37. The average Bonchev–Trinajstić information content (AvgIpc) is 3.41. The topological polar surface area (TPSA) is 147 Å². The minimum absolute atomic E-state index is 0.0278. The van der Waals surface area contributed by atoms with E-state index in [4.69, 9.17) is 10.5 Å². The lowest BCUT2D eigenvalue weighted by Gasteiger charge is -2.19. The van der Waals surface area contributed by atoms with Gasteiger partial charge in [-0.25, -0.2) is 4.79 Å². The molecule has 0 radical (unpaired) electrons. The van der Waals surface area contributed by atoms with Gasteiger partial charge in [-0.1, -0.05) is 30.3 Å². The van der Waals surface area contributed by atoms with Crippen LogP contribution in [0.1, 0.15) is 27.8 Å². The van der Waals surface area contributed by atoms with E-state index in [1.54, 1.807) is 42.6 Å². The summed E-state index contributed by atoms with van der Waals surface area (Å²) >= 11 is 0. The number of halogens is 6. The van der Waals surface area contributed by atoms with Gasteiger partial charge in [0.25, 0.3) is 0 Å². The number of phenolic OH excluding ortho intramolecular Hbond substituents is 1. The Labute approximate surface area is 257 Å². The van der Waals surface area contributed by atoms with Crippen LogP contribution in [0.25, 0.3) is 10.9 Å². The van der Waals surface area contributed by atoms with Crippen LogP contribution in [0.15, 0.2) is 72.9 Å². The van der Waals surface area contributed by atoms with Crippen LogP contribution in [0, 0.1) is 0 Å². The largest absolute Gasteiger partial charge is 0.508 e. The molecule has 0 spiro atoms. The average molecular weight is 651 g/mol. The van der Waals surface area contributed by atoms with E-state index >= 15 is 0 Å². The molecule has 4 rings (SSSR count). The van der Waals surface area contributed by atoms with Crippen LogP contribution in [0.3, 0.4) is 0 Å². The summed E-state index contributed by atoms with van der Waals surface area (Å²) in [5, 5.41) is 14.8. The molecule has 0 unspecified atom stereocenters. The summed E-state index contributed by atoms with van der Waals surface area (Å²) in [5.41, 5.74) is 4.10. The van der Waals surface area contributed by atoms with Crippen LogP contribution in [0.4, 0.5) is 26.3 Å². The summed E-state index contributed by atoms with van der Waals surface area (Å²) in [6.07, 6.45) is -8.69. The first kappa shape index (κ1) is 33.8. The number of hydrogen-bond acceptors (Lipinski definition) is 6. The molecular formula is C31H28F6N4O5. The van der Waals surface area contributed by atoms with Crippen molar-refractivity contribution >= 4 is 28.7 Å². The van der Waals surface area contributed by atoms with Crippen LogP contribution in [-0.2, 0) is 50.9 Å². The van der Waals surface area contributed by atoms with Gasteiger partial charge >= 0.3 is 18.3 Å². The number of H-pyrrole nitrogens is 1. The van der Waals surface area contributed by atoms with Crippen molar-refractivity contribution < 1.29 is 50.6 Å². The number of nitrogens with two attached hydrogens (primary N) is 1. The van der Waals surface area contributed by atoms with Crippen LogP contribution >= 0.6 is 0 Å². The second kappa shape index (κ2) is 13.9. The minimum atomic E-state index is -5.09. The van der Waals surface area contributed by atoms with Gasteiger partial charge in [-0.05, 0) is 59.5 Å². The number of para-hydroxylation sites is 1.